The lowest BCUT2D eigenvalue weighted by Gasteiger charge is -2.39. The fraction of sp³-hybridized carbons (Fsp3) is 0.769. The van der Waals surface area contributed by atoms with E-state index in [1.165, 1.54) is 6.54 Å². The molecule has 3 heteroatoms. The summed E-state index contributed by atoms with van der Waals surface area (Å²) >= 11 is 0. The smallest absolute Gasteiger partial charge is 0.112 e. The van der Waals surface area contributed by atoms with Crippen molar-refractivity contribution in [3.05, 3.63) is 13.2 Å². The van der Waals surface area contributed by atoms with Gasteiger partial charge in [-0.25, -0.2) is 0 Å². The monoisotopic (exact) mass is 225 g/mol. The van der Waals surface area contributed by atoms with Gasteiger partial charge in [-0.15, -0.1) is 13.2 Å². The zero-order chi connectivity index (χ0) is 12.6. The SMILES string of the molecule is C=C.C=NC1(NC)CCN(CC(C)C)CC1. The van der Waals surface area contributed by atoms with Gasteiger partial charge in [-0.3, -0.25) is 10.3 Å². The van der Waals surface area contributed by atoms with Gasteiger partial charge >= 0.3 is 0 Å². The number of nitrogens with zero attached hydrogens (tertiary/aromatic N) is 2. The summed E-state index contributed by atoms with van der Waals surface area (Å²) in [5.41, 5.74) is -0.0481. The molecule has 1 saturated heterocycles. The molecule has 1 aliphatic rings. The second-order valence-corrected chi connectivity index (χ2v) is 4.63. The first-order chi connectivity index (χ1) is 7.62. The molecule has 0 aromatic carbocycles. The van der Waals surface area contributed by atoms with Crippen LogP contribution in [0.25, 0.3) is 0 Å². The van der Waals surface area contributed by atoms with Gasteiger partial charge in [0, 0.05) is 19.6 Å². The first-order valence-corrected chi connectivity index (χ1v) is 6.01. The van der Waals surface area contributed by atoms with Crippen LogP contribution < -0.4 is 5.32 Å². The molecule has 1 N–H and O–H groups in total. The third kappa shape index (κ3) is 4.45. The minimum Gasteiger partial charge on any atom is -0.303 e. The van der Waals surface area contributed by atoms with E-state index in [1.807, 2.05) is 7.05 Å². The van der Waals surface area contributed by atoms with Gasteiger partial charge in [-0.1, -0.05) is 13.8 Å². The van der Waals surface area contributed by atoms with Crippen LogP contribution in [-0.2, 0) is 0 Å². The highest BCUT2D eigenvalue weighted by Gasteiger charge is 2.31. The number of piperidine rings is 1. The van der Waals surface area contributed by atoms with E-state index in [9.17, 15) is 0 Å². The highest BCUT2D eigenvalue weighted by molar-refractivity contribution is 5.26. The fourth-order valence-electron chi connectivity index (χ4n) is 2.11. The van der Waals surface area contributed by atoms with Gasteiger partial charge < -0.3 is 4.90 Å². The number of hydrogen-bond donors (Lipinski definition) is 1. The summed E-state index contributed by atoms with van der Waals surface area (Å²) in [5.74, 6) is 0.758. The van der Waals surface area contributed by atoms with Crippen molar-refractivity contribution in [3.8, 4) is 0 Å². The van der Waals surface area contributed by atoms with Crippen LogP contribution in [-0.4, -0.2) is 44.0 Å². The van der Waals surface area contributed by atoms with Crippen LogP contribution >= 0.6 is 0 Å². The molecule has 0 unspecified atom stereocenters. The van der Waals surface area contributed by atoms with Crippen molar-refractivity contribution < 1.29 is 0 Å². The van der Waals surface area contributed by atoms with E-state index in [4.69, 9.17) is 0 Å². The van der Waals surface area contributed by atoms with Gasteiger partial charge in [-0.2, -0.15) is 0 Å². The molecule has 0 spiro atoms. The predicted octanol–water partition coefficient (Wildman–Crippen LogP) is 2.16. The Bertz CT molecular complexity index is 193. The summed E-state index contributed by atoms with van der Waals surface area (Å²) in [4.78, 5) is 6.74. The van der Waals surface area contributed by atoms with Crippen LogP contribution in [0, 0.1) is 5.92 Å². The molecule has 0 bridgehead atoms. The molecule has 0 amide bonds. The molecule has 94 valence electrons. The molecule has 1 rings (SSSR count). The van der Waals surface area contributed by atoms with Crippen molar-refractivity contribution in [2.75, 3.05) is 26.7 Å². The molecular weight excluding hydrogens is 198 g/mol. The topological polar surface area (TPSA) is 27.6 Å². The second kappa shape index (κ2) is 7.58. The summed E-state index contributed by atoms with van der Waals surface area (Å²) in [6.07, 6.45) is 2.17. The second-order valence-electron chi connectivity index (χ2n) is 4.63. The summed E-state index contributed by atoms with van der Waals surface area (Å²) in [6.45, 7) is 17.7. The van der Waals surface area contributed by atoms with Crippen molar-refractivity contribution in [1.82, 2.24) is 10.2 Å². The molecule has 3 nitrogen and oxygen atoms in total. The van der Waals surface area contributed by atoms with Gasteiger partial charge in [0.2, 0.25) is 0 Å². The lowest BCUT2D eigenvalue weighted by Crippen LogP contribution is -2.51. The molecule has 0 aromatic rings. The normalized spacial score (nSPS) is 20.0. The predicted molar refractivity (Wildman–Crippen MR) is 73.1 cm³/mol. The molecule has 1 aliphatic heterocycles. The van der Waals surface area contributed by atoms with Gasteiger partial charge in [0.1, 0.15) is 5.66 Å². The maximum absolute atomic E-state index is 4.22. The zero-order valence-corrected chi connectivity index (χ0v) is 11.1. The number of aliphatic imine (C=N–C) groups is 1. The Hall–Kier alpha value is -0.670. The van der Waals surface area contributed by atoms with Crippen molar-refractivity contribution in [1.29, 1.82) is 0 Å². The van der Waals surface area contributed by atoms with Gasteiger partial charge in [0.25, 0.3) is 0 Å². The highest BCUT2D eigenvalue weighted by atomic mass is 15.2. The maximum Gasteiger partial charge on any atom is 0.112 e. The first kappa shape index (κ1) is 15.3. The largest absolute Gasteiger partial charge is 0.303 e. The van der Waals surface area contributed by atoms with Crippen LogP contribution in [0.3, 0.4) is 0 Å². The van der Waals surface area contributed by atoms with Crippen molar-refractivity contribution in [2.45, 2.75) is 32.4 Å². The Labute approximate surface area is 101 Å². The number of hydrogen-bond acceptors (Lipinski definition) is 3. The summed E-state index contributed by atoms with van der Waals surface area (Å²) in [6, 6.07) is 0. The third-order valence-electron chi connectivity index (χ3n) is 3.07. The van der Waals surface area contributed by atoms with Crippen LogP contribution in [0.1, 0.15) is 26.7 Å². The van der Waals surface area contributed by atoms with Crippen molar-refractivity contribution in [2.24, 2.45) is 10.9 Å². The highest BCUT2D eigenvalue weighted by Crippen LogP contribution is 2.23. The molecule has 0 aliphatic carbocycles. The average molecular weight is 225 g/mol. The van der Waals surface area contributed by atoms with Crippen LogP contribution in [0.2, 0.25) is 0 Å². The number of rotatable bonds is 4. The Balaban J connectivity index is 0.00000106. The van der Waals surface area contributed by atoms with Crippen LogP contribution in [0.5, 0.6) is 0 Å². The molecule has 1 heterocycles. The Kier molecular flexibility index (Phi) is 7.26. The Morgan fingerprint density at radius 2 is 1.81 bits per heavy atom. The van der Waals surface area contributed by atoms with E-state index < -0.39 is 0 Å². The average Bonchev–Trinajstić information content (AvgIpc) is 2.32. The minimum absolute atomic E-state index is 0.0481. The number of likely N-dealkylation sites (tertiary alicyclic amines) is 1. The van der Waals surface area contributed by atoms with Gasteiger partial charge in [0.05, 0.1) is 0 Å². The van der Waals surface area contributed by atoms with E-state index in [-0.39, 0.29) is 5.66 Å². The quantitative estimate of drug-likeness (QED) is 0.586. The van der Waals surface area contributed by atoms with E-state index in [2.05, 4.69) is 48.9 Å². The molecule has 0 atom stereocenters. The summed E-state index contributed by atoms with van der Waals surface area (Å²) in [5, 5.41) is 3.29. The minimum atomic E-state index is -0.0481. The van der Waals surface area contributed by atoms with E-state index >= 15 is 0 Å². The number of nitrogens with one attached hydrogen (secondary N) is 1. The molecule has 16 heavy (non-hydrogen) atoms. The van der Waals surface area contributed by atoms with E-state index in [1.54, 1.807) is 0 Å². The lowest BCUT2D eigenvalue weighted by atomic mass is 9.97. The van der Waals surface area contributed by atoms with E-state index in [0.29, 0.717) is 0 Å². The van der Waals surface area contributed by atoms with Crippen molar-refractivity contribution >= 4 is 6.72 Å². The molecule has 0 aromatic heterocycles. The summed E-state index contributed by atoms with van der Waals surface area (Å²) < 4.78 is 0. The summed E-state index contributed by atoms with van der Waals surface area (Å²) in [7, 11) is 1.98. The third-order valence-corrected chi connectivity index (χ3v) is 3.07. The molecule has 0 saturated carbocycles. The molecular formula is C13H27N3. The van der Waals surface area contributed by atoms with Gasteiger partial charge in [0.15, 0.2) is 0 Å². The Morgan fingerprint density at radius 1 is 1.31 bits per heavy atom. The lowest BCUT2D eigenvalue weighted by molar-refractivity contribution is 0.135. The molecule has 0 radical (unpaired) electrons. The maximum atomic E-state index is 4.22. The zero-order valence-electron chi connectivity index (χ0n) is 11.1. The first-order valence-electron chi connectivity index (χ1n) is 6.01. The molecule has 1 fully saturated rings. The van der Waals surface area contributed by atoms with E-state index in [0.717, 1.165) is 31.8 Å². The van der Waals surface area contributed by atoms with Crippen LogP contribution in [0.4, 0.5) is 0 Å². The fourth-order valence-corrected chi connectivity index (χ4v) is 2.11. The van der Waals surface area contributed by atoms with Crippen molar-refractivity contribution in [3.63, 3.8) is 0 Å². The standard InChI is InChI=1S/C11H23N3.C2H4/c1-10(2)9-14-7-5-11(12-3,13-4)6-8-14;1-2/h10,13H,3,5-9H2,1-2,4H3;1-2H2. The van der Waals surface area contributed by atoms with Crippen LogP contribution in [0.15, 0.2) is 18.2 Å². The Morgan fingerprint density at radius 3 is 2.12 bits per heavy atom. The van der Waals surface area contributed by atoms with Gasteiger partial charge in [-0.05, 0) is 32.5 Å².